The molecule has 0 unspecified atom stereocenters. The Morgan fingerprint density at radius 3 is 2.88 bits per heavy atom. The van der Waals surface area contributed by atoms with Crippen LogP contribution in [0, 0.1) is 0 Å². The number of hydrogen-bond acceptors (Lipinski definition) is 5. The molecule has 0 spiro atoms. The molecule has 0 bridgehead atoms. The van der Waals surface area contributed by atoms with E-state index in [9.17, 15) is 9.59 Å². The van der Waals surface area contributed by atoms with E-state index in [2.05, 4.69) is 15.6 Å². The van der Waals surface area contributed by atoms with E-state index in [4.69, 9.17) is 0 Å². The number of nitrogens with one attached hydrogen (secondary N) is 2. The van der Waals surface area contributed by atoms with Gasteiger partial charge in [0, 0.05) is 34.9 Å². The van der Waals surface area contributed by atoms with Gasteiger partial charge >= 0.3 is 0 Å². The van der Waals surface area contributed by atoms with Crippen LogP contribution in [-0.4, -0.2) is 15.3 Å². The second-order valence-corrected chi connectivity index (χ2v) is 7.56. The van der Waals surface area contributed by atoms with Crippen LogP contribution in [0.4, 0.5) is 11.4 Å². The van der Waals surface area contributed by atoms with E-state index in [0.29, 0.717) is 6.54 Å². The Kier molecular flexibility index (Phi) is 4.46. The first-order valence-electron chi connectivity index (χ1n) is 8.75. The molecule has 1 amide bonds. The van der Waals surface area contributed by atoms with E-state index < -0.39 is 0 Å². The third-order valence-electron chi connectivity index (χ3n) is 4.47. The summed E-state index contributed by atoms with van der Waals surface area (Å²) in [6.45, 7) is 1.94. The number of benzene rings is 1. The first-order valence-corrected chi connectivity index (χ1v) is 9.56. The van der Waals surface area contributed by atoms with Crippen molar-refractivity contribution >= 4 is 33.6 Å². The molecule has 0 aliphatic heterocycles. The normalized spacial score (nSPS) is 13.4. The standard InChI is InChI=1S/C19H20N4O2S/c1-12(24)21-14-6-4-5-13(9-14)20-11-15-10-18(25)23-16-7-2-3-8-17(16)26-19(23)22-15/h4-6,9-10,20H,2-3,7-8,11H2,1H3,(H,21,24). The minimum atomic E-state index is -0.107. The van der Waals surface area contributed by atoms with Crippen molar-refractivity contribution in [3.63, 3.8) is 0 Å². The lowest BCUT2D eigenvalue weighted by Gasteiger charge is -2.10. The molecule has 134 valence electrons. The van der Waals surface area contributed by atoms with E-state index in [0.717, 1.165) is 47.0 Å². The molecule has 0 atom stereocenters. The monoisotopic (exact) mass is 368 g/mol. The van der Waals surface area contributed by atoms with E-state index >= 15 is 0 Å². The lowest BCUT2D eigenvalue weighted by molar-refractivity contribution is -0.114. The quantitative estimate of drug-likeness (QED) is 0.741. The van der Waals surface area contributed by atoms with E-state index in [-0.39, 0.29) is 11.5 Å². The van der Waals surface area contributed by atoms with Crippen LogP contribution in [0.25, 0.3) is 4.96 Å². The van der Waals surface area contributed by atoms with Crippen molar-refractivity contribution in [3.8, 4) is 0 Å². The lowest BCUT2D eigenvalue weighted by atomic mass is 10.0. The molecule has 7 heteroatoms. The highest BCUT2D eigenvalue weighted by molar-refractivity contribution is 7.17. The van der Waals surface area contributed by atoms with Crippen molar-refractivity contribution in [3.05, 3.63) is 57.0 Å². The summed E-state index contributed by atoms with van der Waals surface area (Å²) < 4.78 is 1.78. The number of aromatic nitrogens is 2. The fraction of sp³-hybridized carbons (Fsp3) is 0.316. The molecule has 0 saturated heterocycles. The van der Waals surface area contributed by atoms with Gasteiger partial charge in [0.1, 0.15) is 0 Å². The summed E-state index contributed by atoms with van der Waals surface area (Å²) in [5.74, 6) is -0.107. The van der Waals surface area contributed by atoms with Crippen molar-refractivity contribution in [1.29, 1.82) is 0 Å². The van der Waals surface area contributed by atoms with Crippen LogP contribution in [0.3, 0.4) is 0 Å². The summed E-state index contributed by atoms with van der Waals surface area (Å²) in [6.07, 6.45) is 4.34. The maximum Gasteiger partial charge on any atom is 0.259 e. The summed E-state index contributed by atoms with van der Waals surface area (Å²) in [6, 6.07) is 9.09. The molecule has 0 fully saturated rings. The molecule has 1 aliphatic rings. The maximum absolute atomic E-state index is 12.6. The minimum absolute atomic E-state index is 0.00167. The van der Waals surface area contributed by atoms with E-state index in [1.807, 2.05) is 24.3 Å². The molecule has 2 N–H and O–H groups in total. The maximum atomic E-state index is 12.6. The summed E-state index contributed by atoms with van der Waals surface area (Å²) in [5, 5.41) is 6.03. The molecule has 3 aromatic rings. The van der Waals surface area contributed by atoms with Gasteiger partial charge in [0.25, 0.3) is 5.56 Å². The van der Waals surface area contributed by atoms with Gasteiger partial charge in [-0.1, -0.05) is 6.07 Å². The average molecular weight is 368 g/mol. The van der Waals surface area contributed by atoms with Gasteiger partial charge < -0.3 is 10.6 Å². The second-order valence-electron chi connectivity index (χ2n) is 6.50. The van der Waals surface area contributed by atoms with Crippen molar-refractivity contribution in [1.82, 2.24) is 9.38 Å². The largest absolute Gasteiger partial charge is 0.379 e. The second kappa shape index (κ2) is 6.92. The van der Waals surface area contributed by atoms with Crippen LogP contribution in [0.1, 0.15) is 36.0 Å². The summed E-state index contributed by atoms with van der Waals surface area (Å²) in [4.78, 5) is 30.5. The third kappa shape index (κ3) is 3.35. The molecular formula is C19H20N4O2S. The Bertz CT molecular complexity index is 1040. The van der Waals surface area contributed by atoms with Crippen molar-refractivity contribution in [2.45, 2.75) is 39.2 Å². The zero-order valence-electron chi connectivity index (χ0n) is 14.5. The molecular weight excluding hydrogens is 348 g/mol. The number of fused-ring (bicyclic) bond motifs is 3. The number of carbonyl (C=O) groups excluding carboxylic acids is 1. The van der Waals surface area contributed by atoms with Gasteiger partial charge in [0.2, 0.25) is 5.91 Å². The van der Waals surface area contributed by atoms with Gasteiger partial charge in [-0.25, -0.2) is 4.98 Å². The Morgan fingerprint density at radius 1 is 1.23 bits per heavy atom. The highest BCUT2D eigenvalue weighted by Gasteiger charge is 2.18. The topological polar surface area (TPSA) is 75.5 Å². The predicted molar refractivity (Wildman–Crippen MR) is 104 cm³/mol. The van der Waals surface area contributed by atoms with Crippen LogP contribution in [0.5, 0.6) is 0 Å². The molecule has 2 heterocycles. The Labute approximate surface area is 154 Å². The number of aryl methyl sites for hydroxylation is 2. The Balaban J connectivity index is 1.56. The number of rotatable bonds is 4. The number of hydrogen-bond donors (Lipinski definition) is 2. The first kappa shape index (κ1) is 16.8. The summed E-state index contributed by atoms with van der Waals surface area (Å²) >= 11 is 1.64. The molecule has 4 rings (SSSR count). The average Bonchev–Trinajstić information content (AvgIpc) is 2.98. The van der Waals surface area contributed by atoms with Crippen LogP contribution in [0.15, 0.2) is 35.1 Å². The number of nitrogens with zero attached hydrogens (tertiary/aromatic N) is 2. The molecule has 0 radical (unpaired) electrons. The smallest absolute Gasteiger partial charge is 0.259 e. The molecule has 0 saturated carbocycles. The highest BCUT2D eigenvalue weighted by atomic mass is 32.1. The zero-order valence-corrected chi connectivity index (χ0v) is 15.4. The predicted octanol–water partition coefficient (Wildman–Crippen LogP) is 3.21. The molecule has 2 aromatic heterocycles. The summed E-state index contributed by atoms with van der Waals surface area (Å²) in [7, 11) is 0. The van der Waals surface area contributed by atoms with Gasteiger partial charge in [-0.05, 0) is 43.9 Å². The SMILES string of the molecule is CC(=O)Nc1cccc(NCc2cc(=O)n3c4c(sc3n2)CCCC4)c1. The van der Waals surface area contributed by atoms with E-state index in [1.54, 1.807) is 21.8 Å². The lowest BCUT2D eigenvalue weighted by Crippen LogP contribution is -2.18. The number of thiazole rings is 1. The molecule has 26 heavy (non-hydrogen) atoms. The van der Waals surface area contributed by atoms with Crippen LogP contribution in [0.2, 0.25) is 0 Å². The van der Waals surface area contributed by atoms with Gasteiger partial charge in [-0.15, -0.1) is 11.3 Å². The van der Waals surface area contributed by atoms with Crippen LogP contribution >= 0.6 is 11.3 Å². The van der Waals surface area contributed by atoms with Gasteiger partial charge in [-0.3, -0.25) is 14.0 Å². The number of anilines is 2. The molecule has 1 aliphatic carbocycles. The van der Waals surface area contributed by atoms with Crippen LogP contribution < -0.4 is 16.2 Å². The molecule has 6 nitrogen and oxygen atoms in total. The Morgan fingerprint density at radius 2 is 2.04 bits per heavy atom. The van der Waals surface area contributed by atoms with Crippen molar-refractivity contribution in [2.75, 3.05) is 10.6 Å². The highest BCUT2D eigenvalue weighted by Crippen LogP contribution is 2.28. The Hall–Kier alpha value is -2.67. The number of amides is 1. The van der Waals surface area contributed by atoms with Crippen molar-refractivity contribution in [2.24, 2.45) is 0 Å². The third-order valence-corrected chi connectivity index (χ3v) is 5.61. The minimum Gasteiger partial charge on any atom is -0.379 e. The fourth-order valence-electron chi connectivity index (χ4n) is 3.34. The first-order chi connectivity index (χ1) is 12.6. The van der Waals surface area contributed by atoms with Crippen LogP contribution in [-0.2, 0) is 24.2 Å². The summed E-state index contributed by atoms with van der Waals surface area (Å²) in [5.41, 5.74) is 3.47. The van der Waals surface area contributed by atoms with Crippen molar-refractivity contribution < 1.29 is 4.79 Å². The van der Waals surface area contributed by atoms with Gasteiger partial charge in [-0.2, -0.15) is 0 Å². The van der Waals surface area contributed by atoms with E-state index in [1.165, 1.54) is 18.2 Å². The molecule has 1 aromatic carbocycles. The zero-order chi connectivity index (χ0) is 18.1. The van der Waals surface area contributed by atoms with Gasteiger partial charge in [0.05, 0.1) is 12.2 Å². The number of carbonyl (C=O) groups is 1. The fourth-order valence-corrected chi connectivity index (χ4v) is 4.57. The van der Waals surface area contributed by atoms with Gasteiger partial charge in [0.15, 0.2) is 4.96 Å².